The molecule has 200 valence electrons. The van der Waals surface area contributed by atoms with Gasteiger partial charge in [-0.2, -0.15) is 4.99 Å². The summed E-state index contributed by atoms with van der Waals surface area (Å²) in [5.41, 5.74) is 10.3. The van der Waals surface area contributed by atoms with Gasteiger partial charge in [0.2, 0.25) is 0 Å². The average Bonchev–Trinajstić information content (AvgIpc) is 2.81. The summed E-state index contributed by atoms with van der Waals surface area (Å²) in [6.45, 7) is 1.36. The molecule has 0 bridgehead atoms. The van der Waals surface area contributed by atoms with Crippen LogP contribution in [0, 0.1) is 11.6 Å². The van der Waals surface area contributed by atoms with Gasteiger partial charge in [0.15, 0.2) is 23.3 Å². The van der Waals surface area contributed by atoms with E-state index in [0.717, 1.165) is 36.4 Å². The summed E-state index contributed by atoms with van der Waals surface area (Å²) in [5.74, 6) is -4.25. The standard InChI is InChI=1S/C23H21F2N4O7PS/c1-13(22(30)28-23(26)27)10-14-11-19(24)21(20(25)12-14)36-16-4-8-18(9-5-16)38(34,35)29-15-2-6-17(7-3-15)37(31,32)33/h2-12,29H,1H3,(H2,31,32,33)(H4,26,27,28,30)/b13-10+. The molecule has 11 nitrogen and oxygen atoms in total. The molecule has 3 rings (SSSR count). The molecule has 3 aromatic rings. The van der Waals surface area contributed by atoms with E-state index in [2.05, 4.69) is 9.71 Å². The maximum absolute atomic E-state index is 14.6. The molecule has 0 aliphatic carbocycles. The molecule has 0 aliphatic rings. The lowest BCUT2D eigenvalue weighted by molar-refractivity contribution is -0.114. The number of nitrogens with two attached hydrogens (primary N) is 2. The Kier molecular flexibility index (Phi) is 8.32. The first-order valence-electron chi connectivity index (χ1n) is 10.4. The Balaban J connectivity index is 1.76. The Bertz CT molecular complexity index is 1560. The molecular formula is C23H21F2N4O7PS. The Labute approximate surface area is 215 Å². The van der Waals surface area contributed by atoms with E-state index in [0.29, 0.717) is 0 Å². The molecule has 3 aromatic carbocycles. The van der Waals surface area contributed by atoms with Crippen molar-refractivity contribution in [1.29, 1.82) is 0 Å². The van der Waals surface area contributed by atoms with E-state index in [-0.39, 0.29) is 32.8 Å². The molecule has 0 unspecified atom stereocenters. The predicted octanol–water partition coefficient (Wildman–Crippen LogP) is 2.56. The zero-order valence-corrected chi connectivity index (χ0v) is 21.2. The summed E-state index contributed by atoms with van der Waals surface area (Å²) in [4.78, 5) is 33.2. The molecule has 7 N–H and O–H groups in total. The van der Waals surface area contributed by atoms with Crippen molar-refractivity contribution in [2.75, 3.05) is 4.72 Å². The van der Waals surface area contributed by atoms with Crippen LogP contribution in [0.1, 0.15) is 12.5 Å². The predicted molar refractivity (Wildman–Crippen MR) is 136 cm³/mol. The number of amides is 1. The van der Waals surface area contributed by atoms with Crippen LogP contribution >= 0.6 is 7.60 Å². The number of carbonyl (C=O) groups is 1. The number of benzene rings is 3. The Morgan fingerprint density at radius 1 is 1.03 bits per heavy atom. The highest BCUT2D eigenvalue weighted by Gasteiger charge is 2.19. The number of nitrogens with zero attached hydrogens (tertiary/aromatic N) is 1. The molecule has 0 aliphatic heterocycles. The van der Waals surface area contributed by atoms with Crippen molar-refractivity contribution in [3.05, 3.63) is 83.4 Å². The molecule has 0 saturated carbocycles. The number of guanidine groups is 1. The number of carbonyl (C=O) groups excluding carboxylic acids is 1. The molecule has 0 radical (unpaired) electrons. The van der Waals surface area contributed by atoms with Crippen molar-refractivity contribution in [3.63, 3.8) is 0 Å². The number of anilines is 1. The number of sulfonamides is 1. The van der Waals surface area contributed by atoms with Crippen molar-refractivity contribution in [2.24, 2.45) is 16.5 Å². The SMILES string of the molecule is C/C(=C\c1cc(F)c(Oc2ccc(S(=O)(=O)Nc3ccc(P(=O)(O)O)cc3)cc2)c(F)c1)C(=O)N=C(N)N. The second kappa shape index (κ2) is 11.1. The third-order valence-electron chi connectivity index (χ3n) is 4.78. The number of hydrogen-bond acceptors (Lipinski definition) is 5. The lowest BCUT2D eigenvalue weighted by atomic mass is 10.1. The van der Waals surface area contributed by atoms with Crippen molar-refractivity contribution in [3.8, 4) is 11.5 Å². The Morgan fingerprint density at radius 3 is 2.08 bits per heavy atom. The molecule has 0 aromatic heterocycles. The second-order valence-electron chi connectivity index (χ2n) is 7.75. The van der Waals surface area contributed by atoms with E-state index < -0.39 is 46.9 Å². The summed E-state index contributed by atoms with van der Waals surface area (Å²) < 4.78 is 73.1. The minimum Gasteiger partial charge on any atom is -0.451 e. The van der Waals surface area contributed by atoms with Crippen LogP contribution in [0.15, 0.2) is 76.1 Å². The highest BCUT2D eigenvalue weighted by atomic mass is 32.2. The third-order valence-corrected chi connectivity index (χ3v) is 7.15. The Hall–Kier alpha value is -4.10. The Morgan fingerprint density at radius 2 is 1.58 bits per heavy atom. The van der Waals surface area contributed by atoms with Crippen molar-refractivity contribution < 1.29 is 41.1 Å². The van der Waals surface area contributed by atoms with E-state index in [1.165, 1.54) is 37.3 Å². The average molecular weight is 566 g/mol. The first kappa shape index (κ1) is 28.5. The van der Waals surface area contributed by atoms with Gasteiger partial charge in [0, 0.05) is 11.3 Å². The van der Waals surface area contributed by atoms with Gasteiger partial charge >= 0.3 is 7.60 Å². The van der Waals surface area contributed by atoms with Crippen LogP contribution in [-0.2, 0) is 19.4 Å². The fourth-order valence-electron chi connectivity index (χ4n) is 3.02. The first-order valence-corrected chi connectivity index (χ1v) is 13.5. The van der Waals surface area contributed by atoms with Gasteiger partial charge in [-0.1, -0.05) is 0 Å². The number of nitrogens with one attached hydrogen (secondary N) is 1. The van der Waals surface area contributed by atoms with Gasteiger partial charge in [-0.05, 0) is 79.2 Å². The van der Waals surface area contributed by atoms with Crippen LogP contribution in [0.5, 0.6) is 11.5 Å². The minimum atomic E-state index is -4.48. The molecular weight excluding hydrogens is 545 g/mol. The van der Waals surface area contributed by atoms with E-state index in [9.17, 15) is 26.6 Å². The zero-order chi connectivity index (χ0) is 28.3. The summed E-state index contributed by atoms with van der Waals surface area (Å²) in [6, 6.07) is 11.0. The molecule has 0 heterocycles. The van der Waals surface area contributed by atoms with Gasteiger partial charge in [-0.15, -0.1) is 0 Å². The van der Waals surface area contributed by atoms with Crippen LogP contribution in [-0.4, -0.2) is 30.1 Å². The molecule has 38 heavy (non-hydrogen) atoms. The van der Waals surface area contributed by atoms with E-state index in [1.54, 1.807) is 0 Å². The zero-order valence-electron chi connectivity index (χ0n) is 19.5. The molecule has 0 spiro atoms. The monoisotopic (exact) mass is 566 g/mol. The number of ether oxygens (including phenoxy) is 1. The van der Waals surface area contributed by atoms with E-state index >= 15 is 0 Å². The molecule has 0 saturated heterocycles. The van der Waals surface area contributed by atoms with Gasteiger partial charge in [0.05, 0.1) is 10.2 Å². The second-order valence-corrected chi connectivity index (χ2v) is 11.0. The molecule has 0 atom stereocenters. The maximum Gasteiger partial charge on any atom is 0.356 e. The normalized spacial score (nSPS) is 12.1. The highest BCUT2D eigenvalue weighted by Crippen LogP contribution is 2.34. The third kappa shape index (κ3) is 7.23. The topological polar surface area (TPSA) is 194 Å². The van der Waals surface area contributed by atoms with Gasteiger partial charge in [0.25, 0.3) is 15.9 Å². The smallest absolute Gasteiger partial charge is 0.356 e. The first-order chi connectivity index (χ1) is 17.7. The van der Waals surface area contributed by atoms with Gasteiger partial charge < -0.3 is 26.0 Å². The maximum atomic E-state index is 14.6. The molecule has 0 fully saturated rings. The quantitative estimate of drug-likeness (QED) is 0.118. The molecule has 15 heteroatoms. The van der Waals surface area contributed by atoms with Gasteiger partial charge in [-0.25, -0.2) is 17.2 Å². The summed E-state index contributed by atoms with van der Waals surface area (Å²) in [5, 5.41) is -0.278. The van der Waals surface area contributed by atoms with Crippen LogP contribution in [0.2, 0.25) is 0 Å². The van der Waals surface area contributed by atoms with Crippen LogP contribution in [0.3, 0.4) is 0 Å². The van der Waals surface area contributed by atoms with Crippen LogP contribution < -0.4 is 26.2 Å². The lowest BCUT2D eigenvalue weighted by Crippen LogP contribution is -2.24. The fraction of sp³-hybridized carbons (Fsp3) is 0.0435. The van der Waals surface area contributed by atoms with Crippen molar-refractivity contribution >= 4 is 46.6 Å². The van der Waals surface area contributed by atoms with E-state index in [1.807, 2.05) is 0 Å². The van der Waals surface area contributed by atoms with E-state index in [4.69, 9.17) is 26.0 Å². The largest absolute Gasteiger partial charge is 0.451 e. The number of halogens is 2. The van der Waals surface area contributed by atoms with Crippen molar-refractivity contribution in [2.45, 2.75) is 11.8 Å². The number of aliphatic imine (C=N–C) groups is 1. The fourth-order valence-corrected chi connectivity index (χ4v) is 4.62. The van der Waals surface area contributed by atoms with Crippen molar-refractivity contribution in [1.82, 2.24) is 0 Å². The van der Waals surface area contributed by atoms with Gasteiger partial charge in [-0.3, -0.25) is 14.1 Å². The summed E-state index contributed by atoms with van der Waals surface area (Å²) in [7, 11) is -8.59. The van der Waals surface area contributed by atoms with Crippen LogP contribution in [0.4, 0.5) is 14.5 Å². The number of rotatable bonds is 8. The minimum absolute atomic E-state index is 0.00494. The number of hydrogen-bond donors (Lipinski definition) is 5. The lowest BCUT2D eigenvalue weighted by Gasteiger charge is -2.11. The highest BCUT2D eigenvalue weighted by molar-refractivity contribution is 7.92. The van der Waals surface area contributed by atoms with Crippen LogP contribution in [0.25, 0.3) is 6.08 Å². The summed E-state index contributed by atoms with van der Waals surface area (Å²) in [6.07, 6.45) is 1.18. The molecule has 1 amide bonds. The van der Waals surface area contributed by atoms with Gasteiger partial charge in [0.1, 0.15) is 5.75 Å². The summed E-state index contributed by atoms with van der Waals surface area (Å²) >= 11 is 0.